The fraction of sp³-hybridized carbons (Fsp3) is 0.611. The number of aliphatic hydroxyl groups is 1. The van der Waals surface area contributed by atoms with Gasteiger partial charge in [0.2, 0.25) is 10.0 Å². The van der Waals surface area contributed by atoms with Gasteiger partial charge in [0.15, 0.2) is 0 Å². The molecule has 0 aliphatic carbocycles. The summed E-state index contributed by atoms with van der Waals surface area (Å²) in [5.74, 6) is 0. The maximum atomic E-state index is 12.4. The summed E-state index contributed by atoms with van der Waals surface area (Å²) in [6.45, 7) is 7.70. The van der Waals surface area contributed by atoms with Crippen molar-refractivity contribution in [3.8, 4) is 0 Å². The van der Waals surface area contributed by atoms with Crippen LogP contribution >= 0.6 is 0 Å². The van der Waals surface area contributed by atoms with Crippen molar-refractivity contribution in [1.82, 2.24) is 9.62 Å². The fourth-order valence-corrected chi connectivity index (χ4v) is 3.71. The predicted octanol–water partition coefficient (Wildman–Crippen LogP) is 2.24. The molecule has 3 N–H and O–H groups in total. The summed E-state index contributed by atoms with van der Waals surface area (Å²) in [6, 6.07) is 6.75. The van der Waals surface area contributed by atoms with Gasteiger partial charge in [0, 0.05) is 24.8 Å². The summed E-state index contributed by atoms with van der Waals surface area (Å²) in [5, 5.41) is 12.3. The van der Waals surface area contributed by atoms with Crippen LogP contribution in [0.2, 0.25) is 0 Å². The van der Waals surface area contributed by atoms with E-state index in [-0.39, 0.29) is 12.1 Å². The molecule has 0 saturated carbocycles. The van der Waals surface area contributed by atoms with Crippen LogP contribution in [0.3, 0.4) is 0 Å². The second-order valence-corrected chi connectivity index (χ2v) is 9.81. The summed E-state index contributed by atoms with van der Waals surface area (Å²) >= 11 is 0. The third-order valence-electron chi connectivity index (χ3n) is 4.58. The van der Waals surface area contributed by atoms with Crippen molar-refractivity contribution in [2.45, 2.75) is 57.4 Å². The molecule has 0 aromatic heterocycles. The minimum Gasteiger partial charge on any atom is -0.386 e. The Kier molecular flexibility index (Phi) is 6.31. The van der Waals surface area contributed by atoms with Crippen LogP contribution in [0.4, 0.5) is 10.5 Å². The number of piperidine rings is 1. The van der Waals surface area contributed by atoms with E-state index in [0.29, 0.717) is 31.6 Å². The molecule has 8 heteroatoms. The second-order valence-electron chi connectivity index (χ2n) is 7.54. The Hall–Kier alpha value is -1.64. The number of amides is 2. The van der Waals surface area contributed by atoms with E-state index in [2.05, 4.69) is 10.0 Å². The smallest absolute Gasteiger partial charge is 0.321 e. The molecule has 0 radical (unpaired) electrons. The van der Waals surface area contributed by atoms with E-state index in [1.54, 1.807) is 56.9 Å². The van der Waals surface area contributed by atoms with Gasteiger partial charge in [-0.15, -0.1) is 0 Å². The third-order valence-corrected chi connectivity index (χ3v) is 6.48. The van der Waals surface area contributed by atoms with Gasteiger partial charge in [-0.2, -0.15) is 0 Å². The second kappa shape index (κ2) is 7.94. The van der Waals surface area contributed by atoms with Gasteiger partial charge in [0.25, 0.3) is 0 Å². The highest BCUT2D eigenvalue weighted by Gasteiger charge is 2.27. The first-order valence-corrected chi connectivity index (χ1v) is 10.4. The van der Waals surface area contributed by atoms with Crippen molar-refractivity contribution < 1.29 is 18.3 Å². The molecule has 0 bridgehead atoms. The van der Waals surface area contributed by atoms with Crippen LogP contribution in [-0.4, -0.2) is 48.8 Å². The quantitative estimate of drug-likeness (QED) is 0.726. The molecule has 2 amide bonds. The van der Waals surface area contributed by atoms with Gasteiger partial charge < -0.3 is 15.3 Å². The molecular weight excluding hydrogens is 354 g/mol. The SMILES string of the molecule is CC(C)S(=O)(=O)NC1CCN(C(=O)Nc2ccc(C(C)(C)O)cc2)CC1. The van der Waals surface area contributed by atoms with Crippen LogP contribution in [0, 0.1) is 0 Å². The van der Waals surface area contributed by atoms with Crippen molar-refractivity contribution in [3.63, 3.8) is 0 Å². The summed E-state index contributed by atoms with van der Waals surface area (Å²) < 4.78 is 26.6. The zero-order valence-corrected chi connectivity index (χ0v) is 16.6. The zero-order valence-electron chi connectivity index (χ0n) is 15.8. The minimum absolute atomic E-state index is 0.127. The monoisotopic (exact) mass is 383 g/mol. The highest BCUT2D eigenvalue weighted by Crippen LogP contribution is 2.22. The molecule has 0 atom stereocenters. The molecule has 1 aliphatic rings. The number of sulfonamides is 1. The summed E-state index contributed by atoms with van der Waals surface area (Å²) in [7, 11) is -3.29. The number of urea groups is 1. The van der Waals surface area contributed by atoms with Crippen molar-refractivity contribution in [1.29, 1.82) is 0 Å². The highest BCUT2D eigenvalue weighted by atomic mass is 32.2. The molecule has 146 valence electrons. The lowest BCUT2D eigenvalue weighted by atomic mass is 9.98. The zero-order chi connectivity index (χ0) is 19.5. The van der Waals surface area contributed by atoms with E-state index in [9.17, 15) is 18.3 Å². The molecule has 0 unspecified atom stereocenters. The molecule has 26 heavy (non-hydrogen) atoms. The van der Waals surface area contributed by atoms with E-state index >= 15 is 0 Å². The van der Waals surface area contributed by atoms with Crippen molar-refractivity contribution >= 4 is 21.7 Å². The van der Waals surface area contributed by atoms with Crippen LogP contribution in [0.5, 0.6) is 0 Å². The van der Waals surface area contributed by atoms with Crippen molar-refractivity contribution in [2.75, 3.05) is 18.4 Å². The molecular formula is C18H29N3O4S. The Balaban J connectivity index is 1.87. The molecule has 1 aromatic rings. The van der Waals surface area contributed by atoms with E-state index in [1.807, 2.05) is 0 Å². The number of nitrogens with one attached hydrogen (secondary N) is 2. The van der Waals surface area contributed by atoms with Crippen LogP contribution in [0.25, 0.3) is 0 Å². The van der Waals surface area contributed by atoms with E-state index in [1.165, 1.54) is 0 Å². The molecule has 1 heterocycles. The Morgan fingerprint density at radius 2 is 1.73 bits per heavy atom. The lowest BCUT2D eigenvalue weighted by Gasteiger charge is -2.32. The normalized spacial score (nSPS) is 16.8. The van der Waals surface area contributed by atoms with E-state index in [4.69, 9.17) is 0 Å². The largest absolute Gasteiger partial charge is 0.386 e. The molecule has 7 nitrogen and oxygen atoms in total. The lowest BCUT2D eigenvalue weighted by Crippen LogP contribution is -2.48. The number of carbonyl (C=O) groups is 1. The van der Waals surface area contributed by atoms with Crippen molar-refractivity contribution in [3.05, 3.63) is 29.8 Å². The maximum Gasteiger partial charge on any atom is 0.321 e. The fourth-order valence-electron chi connectivity index (χ4n) is 2.73. The molecule has 1 saturated heterocycles. The average Bonchev–Trinajstić information content (AvgIpc) is 2.54. The van der Waals surface area contributed by atoms with Gasteiger partial charge in [0.1, 0.15) is 0 Å². The molecule has 2 rings (SSSR count). The third kappa shape index (κ3) is 5.43. The molecule has 0 spiro atoms. The predicted molar refractivity (Wildman–Crippen MR) is 102 cm³/mol. The maximum absolute atomic E-state index is 12.4. The van der Waals surface area contributed by atoms with Gasteiger partial charge >= 0.3 is 6.03 Å². The lowest BCUT2D eigenvalue weighted by molar-refractivity contribution is 0.0786. The first kappa shape index (κ1) is 20.7. The summed E-state index contributed by atoms with van der Waals surface area (Å²) in [6.07, 6.45) is 1.19. The standard InChI is InChI=1S/C18H29N3O4S/c1-13(2)26(24,25)20-16-9-11-21(12-10-16)17(22)19-15-7-5-14(6-8-15)18(3,4)23/h5-8,13,16,20,23H,9-12H2,1-4H3,(H,19,22). The number of hydrogen-bond acceptors (Lipinski definition) is 4. The average molecular weight is 384 g/mol. The van der Waals surface area contributed by atoms with Gasteiger partial charge in [-0.1, -0.05) is 12.1 Å². The first-order valence-electron chi connectivity index (χ1n) is 8.89. The first-order chi connectivity index (χ1) is 12.0. The van der Waals surface area contributed by atoms with Gasteiger partial charge in [-0.3, -0.25) is 0 Å². The number of likely N-dealkylation sites (tertiary alicyclic amines) is 1. The van der Waals surface area contributed by atoms with Gasteiger partial charge in [0.05, 0.1) is 10.9 Å². The Morgan fingerprint density at radius 3 is 2.19 bits per heavy atom. The number of benzene rings is 1. The Bertz CT molecular complexity index is 716. The minimum atomic E-state index is -3.29. The topological polar surface area (TPSA) is 98.7 Å². The van der Waals surface area contributed by atoms with Crippen LogP contribution < -0.4 is 10.0 Å². The number of carbonyl (C=O) groups excluding carboxylic acids is 1. The van der Waals surface area contributed by atoms with Gasteiger partial charge in [-0.25, -0.2) is 17.9 Å². The van der Waals surface area contributed by atoms with Crippen molar-refractivity contribution in [2.24, 2.45) is 0 Å². The molecule has 1 aromatic carbocycles. The summed E-state index contributed by atoms with van der Waals surface area (Å²) in [4.78, 5) is 14.1. The number of rotatable bonds is 5. The molecule has 1 fully saturated rings. The molecule has 1 aliphatic heterocycles. The van der Waals surface area contributed by atoms with E-state index in [0.717, 1.165) is 5.56 Å². The number of anilines is 1. The van der Waals surface area contributed by atoms with E-state index < -0.39 is 20.9 Å². The number of hydrogen-bond donors (Lipinski definition) is 3. The summed E-state index contributed by atoms with van der Waals surface area (Å²) in [5.41, 5.74) is 0.507. The van der Waals surface area contributed by atoms with Crippen LogP contribution in [0.1, 0.15) is 46.1 Å². The highest BCUT2D eigenvalue weighted by molar-refractivity contribution is 7.90. The van der Waals surface area contributed by atoms with Gasteiger partial charge in [-0.05, 0) is 58.2 Å². The van der Waals surface area contributed by atoms with Crippen LogP contribution in [0.15, 0.2) is 24.3 Å². The van der Waals surface area contributed by atoms with Crippen LogP contribution in [-0.2, 0) is 15.6 Å². The Morgan fingerprint density at radius 1 is 1.19 bits per heavy atom. The number of nitrogens with zero attached hydrogens (tertiary/aromatic N) is 1. The Labute approximate surface area is 155 Å².